The summed E-state index contributed by atoms with van der Waals surface area (Å²) in [6.45, 7) is 1.97. The molecule has 0 bridgehead atoms. The van der Waals surface area contributed by atoms with Crippen LogP contribution >= 0.6 is 0 Å². The zero-order valence-electron chi connectivity index (χ0n) is 16.7. The topological polar surface area (TPSA) is 74.9 Å². The maximum atomic E-state index is 13.4. The monoisotopic (exact) mass is 403 g/mol. The van der Waals surface area contributed by atoms with Crippen molar-refractivity contribution in [3.05, 3.63) is 59.3 Å². The quantitative estimate of drug-likeness (QED) is 0.678. The number of fused-ring (bicyclic) bond motifs is 5. The molecule has 1 aromatic heterocycles. The smallest absolute Gasteiger partial charge is 0.246 e. The molecule has 1 N–H and O–H groups in total. The van der Waals surface area contributed by atoms with Crippen LogP contribution in [0.5, 0.6) is 11.5 Å². The number of carbonyl (C=O) groups is 2. The largest absolute Gasteiger partial charge is 0.454 e. The molecule has 7 heteroatoms. The van der Waals surface area contributed by atoms with Crippen molar-refractivity contribution in [2.45, 2.75) is 31.5 Å². The Balaban J connectivity index is 1.60. The number of likely N-dealkylation sites (N-methyl/N-ethyl adjacent to an activating group) is 1. The van der Waals surface area contributed by atoms with Gasteiger partial charge in [0.15, 0.2) is 11.5 Å². The number of piperazine rings is 1. The fraction of sp³-hybridized carbons (Fsp3) is 0.304. The highest BCUT2D eigenvalue weighted by atomic mass is 16.7. The molecule has 7 nitrogen and oxygen atoms in total. The van der Waals surface area contributed by atoms with Gasteiger partial charge in [0.1, 0.15) is 12.1 Å². The van der Waals surface area contributed by atoms with Crippen molar-refractivity contribution >= 4 is 22.7 Å². The highest BCUT2D eigenvalue weighted by molar-refractivity contribution is 5.99. The molecule has 0 spiro atoms. The lowest BCUT2D eigenvalue weighted by atomic mass is 9.85. The van der Waals surface area contributed by atoms with E-state index in [0.29, 0.717) is 17.9 Å². The molecule has 0 radical (unpaired) electrons. The average molecular weight is 403 g/mol. The summed E-state index contributed by atoms with van der Waals surface area (Å²) in [6, 6.07) is 12.4. The molecule has 0 aliphatic carbocycles. The SMILES string of the molecule is CC1C(=O)N2[C@H](c3ccc4c(c3)OCO4)c3[nH]c4ccccc4c3C[C@H]2C(=O)N1C. The lowest BCUT2D eigenvalue weighted by Gasteiger charge is -2.48. The van der Waals surface area contributed by atoms with E-state index in [0.717, 1.165) is 27.7 Å². The summed E-state index contributed by atoms with van der Waals surface area (Å²) in [6.07, 6.45) is 0.502. The molecule has 152 valence electrons. The van der Waals surface area contributed by atoms with Crippen molar-refractivity contribution < 1.29 is 19.1 Å². The average Bonchev–Trinajstić information content (AvgIpc) is 3.38. The molecule has 1 fully saturated rings. The number of rotatable bonds is 1. The van der Waals surface area contributed by atoms with Crippen LogP contribution in [-0.4, -0.2) is 52.5 Å². The Bertz CT molecular complexity index is 1220. The third-order valence-electron chi connectivity index (χ3n) is 6.67. The van der Waals surface area contributed by atoms with Gasteiger partial charge in [-0.05, 0) is 36.2 Å². The first kappa shape index (κ1) is 17.4. The maximum absolute atomic E-state index is 13.4. The fourth-order valence-corrected chi connectivity index (χ4v) is 4.99. The Hall–Kier alpha value is -3.48. The third kappa shape index (κ3) is 2.20. The van der Waals surface area contributed by atoms with Gasteiger partial charge in [-0.1, -0.05) is 24.3 Å². The Morgan fingerprint density at radius 1 is 1.03 bits per heavy atom. The van der Waals surface area contributed by atoms with Gasteiger partial charge in [-0.3, -0.25) is 9.59 Å². The first-order chi connectivity index (χ1) is 14.5. The van der Waals surface area contributed by atoms with E-state index in [-0.39, 0.29) is 18.6 Å². The number of hydrogen-bond acceptors (Lipinski definition) is 4. The van der Waals surface area contributed by atoms with Gasteiger partial charge >= 0.3 is 0 Å². The number of amides is 2. The van der Waals surface area contributed by atoms with Crippen molar-refractivity contribution in [3.63, 3.8) is 0 Å². The number of aromatic nitrogens is 1. The predicted octanol–water partition coefficient (Wildman–Crippen LogP) is 2.60. The van der Waals surface area contributed by atoms with E-state index < -0.39 is 18.1 Å². The minimum atomic E-state index is -0.527. The summed E-state index contributed by atoms with van der Waals surface area (Å²) >= 11 is 0. The number of hydrogen-bond donors (Lipinski definition) is 1. The maximum Gasteiger partial charge on any atom is 0.246 e. The fourth-order valence-electron chi connectivity index (χ4n) is 4.99. The zero-order valence-corrected chi connectivity index (χ0v) is 16.7. The Labute approximate surface area is 173 Å². The summed E-state index contributed by atoms with van der Waals surface area (Å²) in [5, 5.41) is 1.10. The molecule has 3 aliphatic rings. The van der Waals surface area contributed by atoms with Crippen molar-refractivity contribution in [1.82, 2.24) is 14.8 Å². The molecule has 1 saturated heterocycles. The number of ether oxygens (including phenoxy) is 2. The number of para-hydroxylation sites is 1. The number of H-pyrrole nitrogens is 1. The van der Waals surface area contributed by atoms with Crippen molar-refractivity contribution in [2.24, 2.45) is 0 Å². The molecule has 2 aromatic carbocycles. The minimum Gasteiger partial charge on any atom is -0.454 e. The molecular formula is C23H21N3O4. The first-order valence-electron chi connectivity index (χ1n) is 10.1. The molecule has 0 saturated carbocycles. The van der Waals surface area contributed by atoms with Gasteiger partial charge in [0, 0.05) is 30.1 Å². The molecule has 2 amide bonds. The summed E-state index contributed by atoms with van der Waals surface area (Å²) in [5.41, 5.74) is 3.96. The van der Waals surface area contributed by atoms with Crippen LogP contribution in [0.15, 0.2) is 42.5 Å². The normalized spacial score (nSPS) is 24.9. The molecular weight excluding hydrogens is 382 g/mol. The predicted molar refractivity (Wildman–Crippen MR) is 109 cm³/mol. The molecule has 6 rings (SSSR count). The molecule has 30 heavy (non-hydrogen) atoms. The van der Waals surface area contributed by atoms with Crippen LogP contribution in [0.1, 0.15) is 29.8 Å². The van der Waals surface area contributed by atoms with E-state index in [1.165, 1.54) is 0 Å². The Morgan fingerprint density at radius 3 is 2.70 bits per heavy atom. The van der Waals surface area contributed by atoms with Crippen LogP contribution in [0.2, 0.25) is 0 Å². The van der Waals surface area contributed by atoms with Gasteiger partial charge < -0.3 is 24.3 Å². The van der Waals surface area contributed by atoms with Crippen LogP contribution in [0.4, 0.5) is 0 Å². The van der Waals surface area contributed by atoms with E-state index in [1.54, 1.807) is 23.8 Å². The van der Waals surface area contributed by atoms with Crippen LogP contribution in [-0.2, 0) is 16.0 Å². The van der Waals surface area contributed by atoms with Crippen molar-refractivity contribution in [3.8, 4) is 11.5 Å². The second-order valence-corrected chi connectivity index (χ2v) is 8.17. The van der Waals surface area contributed by atoms with Gasteiger partial charge in [-0.15, -0.1) is 0 Å². The summed E-state index contributed by atoms with van der Waals surface area (Å²) < 4.78 is 11.1. The molecule has 3 atom stereocenters. The van der Waals surface area contributed by atoms with E-state index in [4.69, 9.17) is 9.47 Å². The number of nitrogens with one attached hydrogen (secondary N) is 1. The molecule has 4 heterocycles. The van der Waals surface area contributed by atoms with E-state index >= 15 is 0 Å². The van der Waals surface area contributed by atoms with Gasteiger partial charge in [0.2, 0.25) is 18.6 Å². The van der Waals surface area contributed by atoms with Gasteiger partial charge in [-0.2, -0.15) is 0 Å². The van der Waals surface area contributed by atoms with E-state index in [9.17, 15) is 9.59 Å². The number of nitrogens with zero attached hydrogens (tertiary/aromatic N) is 2. The van der Waals surface area contributed by atoms with Gasteiger partial charge in [0.05, 0.1) is 6.04 Å². The number of carbonyl (C=O) groups excluding carboxylic acids is 2. The highest BCUT2D eigenvalue weighted by Crippen LogP contribution is 2.45. The van der Waals surface area contributed by atoms with Crippen LogP contribution < -0.4 is 9.47 Å². The van der Waals surface area contributed by atoms with Gasteiger partial charge in [0.25, 0.3) is 0 Å². The lowest BCUT2D eigenvalue weighted by Crippen LogP contribution is -2.65. The second-order valence-electron chi connectivity index (χ2n) is 8.17. The summed E-state index contributed by atoms with van der Waals surface area (Å²) in [4.78, 5) is 33.5. The first-order valence-corrected chi connectivity index (χ1v) is 10.1. The second kappa shape index (κ2) is 6.01. The van der Waals surface area contributed by atoms with E-state index in [1.807, 2.05) is 36.4 Å². The van der Waals surface area contributed by atoms with Crippen LogP contribution in [0.25, 0.3) is 10.9 Å². The summed E-state index contributed by atoms with van der Waals surface area (Å²) in [7, 11) is 1.71. The van der Waals surface area contributed by atoms with Crippen molar-refractivity contribution in [1.29, 1.82) is 0 Å². The van der Waals surface area contributed by atoms with E-state index in [2.05, 4.69) is 11.1 Å². The minimum absolute atomic E-state index is 0.0243. The molecule has 1 unspecified atom stereocenters. The number of aromatic amines is 1. The number of benzene rings is 2. The van der Waals surface area contributed by atoms with Crippen LogP contribution in [0.3, 0.4) is 0 Å². The lowest BCUT2D eigenvalue weighted by molar-refractivity contribution is -0.162. The molecule has 3 aromatic rings. The zero-order chi connectivity index (χ0) is 20.6. The van der Waals surface area contributed by atoms with Crippen molar-refractivity contribution in [2.75, 3.05) is 13.8 Å². The Kier molecular flexibility index (Phi) is 3.48. The Morgan fingerprint density at radius 2 is 1.83 bits per heavy atom. The summed E-state index contributed by atoms with van der Waals surface area (Å²) in [5.74, 6) is 1.28. The standard InChI is InChI=1S/C23H21N3O4/c1-12-22(27)26-17(23(28)25(12)2)10-15-14-5-3-4-6-16(14)24-20(15)21(26)13-7-8-18-19(9-13)30-11-29-18/h3-9,12,17,21,24H,10-11H2,1-2H3/t12?,17-,21+/m0/s1. The van der Waals surface area contributed by atoms with Gasteiger partial charge in [-0.25, -0.2) is 0 Å². The highest BCUT2D eigenvalue weighted by Gasteiger charge is 2.50. The molecule has 3 aliphatic heterocycles. The van der Waals surface area contributed by atoms with Crippen LogP contribution in [0, 0.1) is 0 Å². The third-order valence-corrected chi connectivity index (χ3v) is 6.67.